The zero-order chi connectivity index (χ0) is 10.6. The molecule has 0 aromatic heterocycles. The van der Waals surface area contributed by atoms with Crippen molar-refractivity contribution in [2.24, 2.45) is 0 Å². The summed E-state index contributed by atoms with van der Waals surface area (Å²) >= 11 is 0. The van der Waals surface area contributed by atoms with Crippen molar-refractivity contribution in [2.45, 2.75) is 0 Å². The van der Waals surface area contributed by atoms with Gasteiger partial charge in [0, 0.05) is 19.2 Å². The predicted molar refractivity (Wildman–Crippen MR) is 55.6 cm³/mol. The second-order valence-electron chi connectivity index (χ2n) is 2.66. The first-order valence-corrected chi connectivity index (χ1v) is 4.24. The molecule has 0 amide bonds. The molecule has 0 spiro atoms. The van der Waals surface area contributed by atoms with Crippen molar-refractivity contribution in [1.29, 1.82) is 0 Å². The van der Waals surface area contributed by atoms with E-state index in [1.54, 1.807) is 27.4 Å². The van der Waals surface area contributed by atoms with Crippen LogP contribution in [0, 0.1) is 0 Å². The number of anilines is 1. The Kier molecular flexibility index (Phi) is 3.45. The van der Waals surface area contributed by atoms with Crippen LogP contribution in [0.4, 0.5) is 5.69 Å². The van der Waals surface area contributed by atoms with E-state index in [0.717, 1.165) is 11.4 Å². The van der Waals surface area contributed by atoms with Gasteiger partial charge in [0.05, 0.1) is 27.0 Å². The van der Waals surface area contributed by atoms with Gasteiger partial charge in [0.1, 0.15) is 5.75 Å². The summed E-state index contributed by atoms with van der Waals surface area (Å²) < 4.78 is 15.5. The first kappa shape index (κ1) is 10.5. The summed E-state index contributed by atoms with van der Waals surface area (Å²) in [5.74, 6) is 2.06. The molecule has 0 aliphatic rings. The molecule has 1 aromatic carbocycles. The van der Waals surface area contributed by atoms with Crippen molar-refractivity contribution < 1.29 is 14.2 Å². The molecule has 0 fully saturated rings. The van der Waals surface area contributed by atoms with Crippen LogP contribution in [0.25, 0.3) is 0 Å². The first-order valence-electron chi connectivity index (χ1n) is 4.24. The second-order valence-corrected chi connectivity index (χ2v) is 2.66. The minimum absolute atomic E-state index is 0.656. The van der Waals surface area contributed by atoms with E-state index in [4.69, 9.17) is 14.2 Å². The van der Waals surface area contributed by atoms with Gasteiger partial charge in [0.25, 0.3) is 0 Å². The molecule has 0 atom stereocenters. The molecule has 0 radical (unpaired) electrons. The minimum atomic E-state index is 0.656. The fraction of sp³-hybridized carbons (Fsp3) is 0.400. The van der Waals surface area contributed by atoms with Gasteiger partial charge in [-0.3, -0.25) is 0 Å². The molecule has 0 heterocycles. The topological polar surface area (TPSA) is 39.7 Å². The summed E-state index contributed by atoms with van der Waals surface area (Å²) in [6.45, 7) is 0. The lowest BCUT2D eigenvalue weighted by atomic mass is 10.2. The van der Waals surface area contributed by atoms with Crippen LogP contribution in [0.2, 0.25) is 0 Å². The van der Waals surface area contributed by atoms with E-state index in [2.05, 4.69) is 5.32 Å². The van der Waals surface area contributed by atoms with Crippen LogP contribution < -0.4 is 19.5 Å². The van der Waals surface area contributed by atoms with Crippen LogP contribution in [0.3, 0.4) is 0 Å². The Labute approximate surface area is 83.8 Å². The Morgan fingerprint density at radius 3 is 1.79 bits per heavy atom. The van der Waals surface area contributed by atoms with Crippen LogP contribution in [0.1, 0.15) is 0 Å². The van der Waals surface area contributed by atoms with Gasteiger partial charge >= 0.3 is 0 Å². The third-order valence-electron chi connectivity index (χ3n) is 1.98. The van der Waals surface area contributed by atoms with Gasteiger partial charge in [-0.15, -0.1) is 0 Å². The zero-order valence-corrected chi connectivity index (χ0v) is 8.88. The van der Waals surface area contributed by atoms with Crippen LogP contribution >= 0.6 is 0 Å². The molecule has 14 heavy (non-hydrogen) atoms. The van der Waals surface area contributed by atoms with Crippen molar-refractivity contribution in [3.05, 3.63) is 12.1 Å². The summed E-state index contributed by atoms with van der Waals surface area (Å²) in [6.07, 6.45) is 0. The van der Waals surface area contributed by atoms with Gasteiger partial charge in [-0.25, -0.2) is 0 Å². The van der Waals surface area contributed by atoms with E-state index >= 15 is 0 Å². The van der Waals surface area contributed by atoms with Gasteiger partial charge in [0.15, 0.2) is 11.5 Å². The maximum atomic E-state index is 5.18. The largest absolute Gasteiger partial charge is 0.494 e. The molecule has 0 saturated heterocycles. The van der Waals surface area contributed by atoms with E-state index in [-0.39, 0.29) is 0 Å². The molecule has 0 unspecified atom stereocenters. The van der Waals surface area contributed by atoms with Crippen LogP contribution in [0.15, 0.2) is 12.1 Å². The van der Waals surface area contributed by atoms with E-state index < -0.39 is 0 Å². The summed E-state index contributed by atoms with van der Waals surface area (Å²) in [4.78, 5) is 0. The molecule has 1 aromatic rings. The molecule has 1 N–H and O–H groups in total. The van der Waals surface area contributed by atoms with Crippen molar-refractivity contribution in [3.63, 3.8) is 0 Å². The molecule has 0 aliphatic heterocycles. The molecule has 4 heteroatoms. The van der Waals surface area contributed by atoms with Crippen molar-refractivity contribution in [3.8, 4) is 17.2 Å². The highest BCUT2D eigenvalue weighted by Gasteiger charge is 2.09. The number of hydrogen-bond donors (Lipinski definition) is 1. The van der Waals surface area contributed by atoms with Gasteiger partial charge in [-0.2, -0.15) is 0 Å². The Hall–Kier alpha value is -1.58. The van der Waals surface area contributed by atoms with Crippen LogP contribution in [-0.2, 0) is 0 Å². The summed E-state index contributed by atoms with van der Waals surface area (Å²) in [5.41, 5.74) is 0.866. The lowest BCUT2D eigenvalue weighted by molar-refractivity contribution is 0.349. The van der Waals surface area contributed by atoms with E-state index in [1.165, 1.54) is 0 Å². The second kappa shape index (κ2) is 4.60. The normalized spacial score (nSPS) is 9.43. The lowest BCUT2D eigenvalue weighted by Crippen LogP contribution is -1.97. The molecule has 4 nitrogen and oxygen atoms in total. The Morgan fingerprint density at radius 2 is 1.36 bits per heavy atom. The summed E-state index contributed by atoms with van der Waals surface area (Å²) in [6, 6.07) is 3.61. The average molecular weight is 197 g/mol. The minimum Gasteiger partial charge on any atom is -0.494 e. The average Bonchev–Trinajstić information content (AvgIpc) is 2.26. The van der Waals surface area contributed by atoms with Gasteiger partial charge in [0.2, 0.25) is 0 Å². The molecular weight excluding hydrogens is 182 g/mol. The smallest absolute Gasteiger partial charge is 0.164 e. The molecular formula is C10H15NO3. The first-order chi connectivity index (χ1) is 6.76. The Morgan fingerprint density at radius 1 is 0.857 bits per heavy atom. The Bertz CT molecular complexity index is 254. The standard InChI is InChI=1S/C10H15NO3/c1-11-7-5-9(13-3)10(14-4)6-8(7)12-2/h5-6,11H,1-4H3. The van der Waals surface area contributed by atoms with Crippen LogP contribution in [0.5, 0.6) is 17.2 Å². The quantitative estimate of drug-likeness (QED) is 0.798. The maximum Gasteiger partial charge on any atom is 0.164 e. The molecule has 78 valence electrons. The maximum absolute atomic E-state index is 5.18. The zero-order valence-electron chi connectivity index (χ0n) is 8.88. The number of benzene rings is 1. The Balaban J connectivity index is 3.20. The highest BCUT2D eigenvalue weighted by atomic mass is 16.5. The fourth-order valence-electron chi connectivity index (χ4n) is 1.22. The molecule has 0 aliphatic carbocycles. The third kappa shape index (κ3) is 1.84. The molecule has 1 rings (SSSR count). The summed E-state index contributed by atoms with van der Waals surface area (Å²) in [7, 11) is 6.63. The van der Waals surface area contributed by atoms with Crippen molar-refractivity contribution in [2.75, 3.05) is 33.7 Å². The predicted octanol–water partition coefficient (Wildman–Crippen LogP) is 1.75. The van der Waals surface area contributed by atoms with E-state index in [1.807, 2.05) is 13.1 Å². The number of ether oxygens (including phenoxy) is 3. The highest BCUT2D eigenvalue weighted by molar-refractivity contribution is 5.64. The van der Waals surface area contributed by atoms with Gasteiger partial charge in [-0.1, -0.05) is 0 Å². The fourth-order valence-corrected chi connectivity index (χ4v) is 1.22. The molecule has 0 bridgehead atoms. The monoisotopic (exact) mass is 197 g/mol. The lowest BCUT2D eigenvalue weighted by Gasteiger charge is -2.13. The number of nitrogens with one attached hydrogen (secondary N) is 1. The third-order valence-corrected chi connectivity index (χ3v) is 1.98. The summed E-state index contributed by atoms with van der Waals surface area (Å²) in [5, 5.41) is 3.01. The van der Waals surface area contributed by atoms with Crippen molar-refractivity contribution in [1.82, 2.24) is 0 Å². The van der Waals surface area contributed by atoms with Crippen LogP contribution in [-0.4, -0.2) is 28.4 Å². The van der Waals surface area contributed by atoms with E-state index in [0.29, 0.717) is 11.5 Å². The number of methoxy groups -OCH3 is 3. The number of rotatable bonds is 4. The van der Waals surface area contributed by atoms with Gasteiger partial charge < -0.3 is 19.5 Å². The van der Waals surface area contributed by atoms with Gasteiger partial charge in [-0.05, 0) is 0 Å². The van der Waals surface area contributed by atoms with E-state index in [9.17, 15) is 0 Å². The number of hydrogen-bond acceptors (Lipinski definition) is 4. The SMILES string of the molecule is CNc1cc(OC)c(OC)cc1OC. The highest BCUT2D eigenvalue weighted by Crippen LogP contribution is 2.37. The van der Waals surface area contributed by atoms with Crippen molar-refractivity contribution >= 4 is 5.69 Å². The molecule has 0 saturated carbocycles.